The molecule has 0 radical (unpaired) electrons. The van der Waals surface area contributed by atoms with E-state index in [2.05, 4.69) is 10.1 Å². The molecule has 1 aromatic carbocycles. The van der Waals surface area contributed by atoms with Gasteiger partial charge in [0, 0.05) is 28.5 Å². The average molecular weight is 281 g/mol. The molecular weight excluding hydrogens is 268 g/mol. The summed E-state index contributed by atoms with van der Waals surface area (Å²) in [5, 5.41) is 13.4. The van der Waals surface area contributed by atoms with Gasteiger partial charge in [0.1, 0.15) is 0 Å². The molecule has 1 aromatic heterocycles. The first-order valence-electron chi connectivity index (χ1n) is 5.79. The summed E-state index contributed by atoms with van der Waals surface area (Å²) in [7, 11) is 0. The molecule has 0 bridgehead atoms. The van der Waals surface area contributed by atoms with Crippen molar-refractivity contribution in [2.75, 3.05) is 6.61 Å². The SMILES string of the molecule is CCOC(=O)/C(Cc1c[nH]c2ccc(Cl)cc12)=N/O. The van der Waals surface area contributed by atoms with Crippen molar-refractivity contribution >= 4 is 34.2 Å². The van der Waals surface area contributed by atoms with Crippen LogP contribution in [0.2, 0.25) is 5.02 Å². The minimum Gasteiger partial charge on any atom is -0.461 e. The first-order valence-corrected chi connectivity index (χ1v) is 6.17. The Morgan fingerprint density at radius 3 is 3.00 bits per heavy atom. The second kappa shape index (κ2) is 5.75. The fourth-order valence-electron chi connectivity index (χ4n) is 1.84. The molecule has 0 aliphatic carbocycles. The van der Waals surface area contributed by atoms with E-state index in [4.69, 9.17) is 21.5 Å². The third-order valence-electron chi connectivity index (χ3n) is 2.72. The number of aromatic nitrogens is 1. The number of esters is 1. The smallest absolute Gasteiger partial charge is 0.356 e. The van der Waals surface area contributed by atoms with Crippen molar-refractivity contribution < 1.29 is 14.7 Å². The normalized spacial score (nSPS) is 11.8. The fraction of sp³-hybridized carbons (Fsp3) is 0.231. The summed E-state index contributed by atoms with van der Waals surface area (Å²) in [6.45, 7) is 1.93. The molecule has 0 amide bonds. The predicted molar refractivity (Wildman–Crippen MR) is 72.9 cm³/mol. The number of aromatic amines is 1. The molecule has 100 valence electrons. The molecule has 2 rings (SSSR count). The van der Waals surface area contributed by atoms with Crippen LogP contribution in [0.1, 0.15) is 12.5 Å². The highest BCUT2D eigenvalue weighted by molar-refractivity contribution is 6.37. The lowest BCUT2D eigenvalue weighted by Crippen LogP contribution is -2.19. The average Bonchev–Trinajstić information content (AvgIpc) is 2.78. The molecule has 0 unspecified atom stereocenters. The maximum atomic E-state index is 11.6. The van der Waals surface area contributed by atoms with Gasteiger partial charge in [0.2, 0.25) is 0 Å². The first-order chi connectivity index (χ1) is 9.15. The summed E-state index contributed by atoms with van der Waals surface area (Å²) in [6, 6.07) is 5.42. The van der Waals surface area contributed by atoms with Gasteiger partial charge in [-0.2, -0.15) is 0 Å². The second-order valence-corrected chi connectivity index (χ2v) is 4.38. The number of oxime groups is 1. The quantitative estimate of drug-likeness (QED) is 0.391. The second-order valence-electron chi connectivity index (χ2n) is 3.95. The zero-order valence-electron chi connectivity index (χ0n) is 10.3. The molecule has 0 saturated heterocycles. The van der Waals surface area contributed by atoms with Crippen molar-refractivity contribution in [1.82, 2.24) is 4.98 Å². The molecule has 6 heteroatoms. The zero-order chi connectivity index (χ0) is 13.8. The van der Waals surface area contributed by atoms with Crippen LogP contribution < -0.4 is 0 Å². The van der Waals surface area contributed by atoms with E-state index in [-0.39, 0.29) is 18.7 Å². The Hall–Kier alpha value is -2.01. The highest BCUT2D eigenvalue weighted by Gasteiger charge is 2.16. The number of H-pyrrole nitrogens is 1. The Morgan fingerprint density at radius 2 is 2.32 bits per heavy atom. The number of nitrogens with zero attached hydrogens (tertiary/aromatic N) is 1. The van der Waals surface area contributed by atoms with Crippen LogP contribution in [-0.4, -0.2) is 28.5 Å². The summed E-state index contributed by atoms with van der Waals surface area (Å²) >= 11 is 5.95. The lowest BCUT2D eigenvalue weighted by molar-refractivity contribution is -0.135. The van der Waals surface area contributed by atoms with Crippen LogP contribution in [0.25, 0.3) is 10.9 Å². The van der Waals surface area contributed by atoms with Crippen LogP contribution in [0.15, 0.2) is 29.6 Å². The molecule has 1 heterocycles. The Labute approximate surface area is 114 Å². The predicted octanol–water partition coefficient (Wildman–Crippen LogP) is 2.76. The molecule has 0 aliphatic rings. The molecule has 5 nitrogen and oxygen atoms in total. The third kappa shape index (κ3) is 2.88. The topological polar surface area (TPSA) is 74.7 Å². The lowest BCUT2D eigenvalue weighted by atomic mass is 10.1. The van der Waals surface area contributed by atoms with E-state index in [9.17, 15) is 4.79 Å². The van der Waals surface area contributed by atoms with Gasteiger partial charge in [-0.15, -0.1) is 0 Å². The van der Waals surface area contributed by atoms with Gasteiger partial charge in [0.25, 0.3) is 0 Å². The van der Waals surface area contributed by atoms with Crippen LogP contribution in [0.4, 0.5) is 0 Å². The van der Waals surface area contributed by atoms with E-state index in [1.165, 1.54) is 0 Å². The Kier molecular flexibility index (Phi) is 4.06. The Bertz CT molecular complexity index is 634. The maximum absolute atomic E-state index is 11.6. The van der Waals surface area contributed by atoms with Gasteiger partial charge >= 0.3 is 5.97 Å². The van der Waals surface area contributed by atoms with Crippen LogP contribution in [0.3, 0.4) is 0 Å². The zero-order valence-corrected chi connectivity index (χ0v) is 11.1. The highest BCUT2D eigenvalue weighted by atomic mass is 35.5. The van der Waals surface area contributed by atoms with Gasteiger partial charge in [-0.1, -0.05) is 16.8 Å². The van der Waals surface area contributed by atoms with Crippen molar-refractivity contribution in [3.8, 4) is 0 Å². The molecule has 19 heavy (non-hydrogen) atoms. The van der Waals surface area contributed by atoms with Crippen LogP contribution in [0, 0.1) is 0 Å². The monoisotopic (exact) mass is 280 g/mol. The molecular formula is C13H13ClN2O3. The number of nitrogens with one attached hydrogen (secondary N) is 1. The van der Waals surface area contributed by atoms with Crippen molar-refractivity contribution in [2.24, 2.45) is 5.16 Å². The van der Waals surface area contributed by atoms with Crippen molar-refractivity contribution in [3.05, 3.63) is 35.0 Å². The highest BCUT2D eigenvalue weighted by Crippen LogP contribution is 2.23. The number of carbonyl (C=O) groups excluding carboxylic acids is 1. The van der Waals surface area contributed by atoms with E-state index in [0.717, 1.165) is 16.5 Å². The molecule has 2 aromatic rings. The molecule has 0 atom stereocenters. The van der Waals surface area contributed by atoms with Crippen molar-refractivity contribution in [1.29, 1.82) is 0 Å². The number of halogens is 1. The van der Waals surface area contributed by atoms with Crippen LogP contribution in [0.5, 0.6) is 0 Å². The number of hydrogen-bond donors (Lipinski definition) is 2. The summed E-state index contributed by atoms with van der Waals surface area (Å²) < 4.78 is 4.81. The van der Waals surface area contributed by atoms with Gasteiger partial charge in [0.05, 0.1) is 6.61 Å². The van der Waals surface area contributed by atoms with Crippen molar-refractivity contribution in [3.63, 3.8) is 0 Å². The van der Waals surface area contributed by atoms with Gasteiger partial charge < -0.3 is 14.9 Å². The number of benzene rings is 1. The minimum atomic E-state index is -0.624. The number of hydrogen-bond acceptors (Lipinski definition) is 4. The Morgan fingerprint density at radius 1 is 1.53 bits per heavy atom. The summed E-state index contributed by atoms with van der Waals surface area (Å²) in [6.07, 6.45) is 1.93. The van der Waals surface area contributed by atoms with E-state index >= 15 is 0 Å². The number of ether oxygens (including phenoxy) is 1. The maximum Gasteiger partial charge on any atom is 0.356 e. The van der Waals surface area contributed by atoms with E-state index in [1.54, 1.807) is 25.3 Å². The minimum absolute atomic E-state index is 0.0391. The molecule has 0 saturated carbocycles. The molecule has 0 fully saturated rings. The summed E-state index contributed by atoms with van der Waals surface area (Å²) in [5.74, 6) is -0.624. The molecule has 2 N–H and O–H groups in total. The fourth-order valence-corrected chi connectivity index (χ4v) is 2.01. The first kappa shape index (κ1) is 13.4. The largest absolute Gasteiger partial charge is 0.461 e. The van der Waals surface area contributed by atoms with E-state index in [0.29, 0.717) is 5.02 Å². The van der Waals surface area contributed by atoms with Gasteiger partial charge in [-0.05, 0) is 30.7 Å². The number of rotatable bonds is 4. The molecule has 0 aliphatic heterocycles. The van der Waals surface area contributed by atoms with Crippen LogP contribution in [-0.2, 0) is 16.0 Å². The molecule has 0 spiro atoms. The van der Waals surface area contributed by atoms with Crippen molar-refractivity contribution in [2.45, 2.75) is 13.3 Å². The summed E-state index contributed by atoms with van der Waals surface area (Å²) in [4.78, 5) is 14.6. The number of carbonyl (C=O) groups is 1. The summed E-state index contributed by atoms with van der Waals surface area (Å²) in [5.41, 5.74) is 1.68. The van der Waals surface area contributed by atoms with E-state index in [1.807, 2.05) is 6.07 Å². The van der Waals surface area contributed by atoms with Crippen LogP contribution >= 0.6 is 11.6 Å². The third-order valence-corrected chi connectivity index (χ3v) is 2.95. The van der Waals surface area contributed by atoms with Gasteiger partial charge in [0.15, 0.2) is 5.71 Å². The number of fused-ring (bicyclic) bond motifs is 1. The van der Waals surface area contributed by atoms with E-state index < -0.39 is 5.97 Å². The lowest BCUT2D eigenvalue weighted by Gasteiger charge is -2.03. The van der Waals surface area contributed by atoms with Gasteiger partial charge in [-0.3, -0.25) is 0 Å². The van der Waals surface area contributed by atoms with Gasteiger partial charge in [-0.25, -0.2) is 4.79 Å². The Balaban J connectivity index is 2.30. The standard InChI is InChI=1S/C13H13ClN2O3/c1-2-19-13(17)12(16-18)5-8-7-15-11-4-3-9(14)6-10(8)11/h3-4,6-7,15,18H,2,5H2,1H3/b16-12+.